The van der Waals surface area contributed by atoms with Gasteiger partial charge in [0.1, 0.15) is 23.8 Å². The van der Waals surface area contributed by atoms with Gasteiger partial charge in [0.25, 0.3) is 0 Å². The van der Waals surface area contributed by atoms with Crippen molar-refractivity contribution in [3.05, 3.63) is 45.8 Å². The second kappa shape index (κ2) is 5.54. The van der Waals surface area contributed by atoms with Crippen molar-refractivity contribution in [1.29, 1.82) is 0 Å². The van der Waals surface area contributed by atoms with E-state index in [0.29, 0.717) is 6.61 Å². The normalized spacial score (nSPS) is 12.4. The predicted molar refractivity (Wildman–Crippen MR) is 72.3 cm³/mol. The fourth-order valence-corrected chi connectivity index (χ4v) is 2.02. The first-order valence-electron chi connectivity index (χ1n) is 5.66. The molecular formula is C13H15BrN2O2. The van der Waals surface area contributed by atoms with Gasteiger partial charge >= 0.3 is 0 Å². The van der Waals surface area contributed by atoms with Crippen molar-refractivity contribution in [2.45, 2.75) is 26.5 Å². The molecule has 0 saturated heterocycles. The summed E-state index contributed by atoms with van der Waals surface area (Å²) in [5.41, 5.74) is 7.65. The number of benzene rings is 1. The molecule has 0 fully saturated rings. The molecule has 0 aliphatic carbocycles. The molecule has 2 aromatic rings. The van der Waals surface area contributed by atoms with Gasteiger partial charge in [-0.1, -0.05) is 21.1 Å². The van der Waals surface area contributed by atoms with E-state index in [1.54, 1.807) is 0 Å². The van der Waals surface area contributed by atoms with Gasteiger partial charge in [-0.3, -0.25) is 0 Å². The Morgan fingerprint density at radius 3 is 2.83 bits per heavy atom. The van der Waals surface area contributed by atoms with Crippen LogP contribution >= 0.6 is 15.9 Å². The van der Waals surface area contributed by atoms with Gasteiger partial charge in [0.15, 0.2) is 0 Å². The van der Waals surface area contributed by atoms with Crippen LogP contribution in [0.15, 0.2) is 33.3 Å². The summed E-state index contributed by atoms with van der Waals surface area (Å²) in [5, 5.41) is 3.88. The highest BCUT2D eigenvalue weighted by Gasteiger charge is 2.10. The first kappa shape index (κ1) is 13.1. The van der Waals surface area contributed by atoms with Crippen LogP contribution in [0.5, 0.6) is 5.75 Å². The summed E-state index contributed by atoms with van der Waals surface area (Å²) < 4.78 is 11.7. The maximum absolute atomic E-state index is 5.92. The van der Waals surface area contributed by atoms with Gasteiger partial charge in [0.2, 0.25) is 0 Å². The Morgan fingerprint density at radius 1 is 1.44 bits per heavy atom. The molecular weight excluding hydrogens is 296 g/mol. The summed E-state index contributed by atoms with van der Waals surface area (Å²) in [6.45, 7) is 4.15. The Balaban J connectivity index is 2.13. The van der Waals surface area contributed by atoms with Gasteiger partial charge in [-0.25, -0.2) is 0 Å². The van der Waals surface area contributed by atoms with E-state index in [4.69, 9.17) is 15.0 Å². The largest absolute Gasteiger partial charge is 0.487 e. The summed E-state index contributed by atoms with van der Waals surface area (Å²) in [6, 6.07) is 7.56. The molecule has 2 rings (SSSR count). The number of nitrogens with zero attached hydrogens (tertiary/aromatic N) is 1. The lowest BCUT2D eigenvalue weighted by Gasteiger charge is -2.13. The number of nitrogens with two attached hydrogens (primary N) is 1. The third-order valence-electron chi connectivity index (χ3n) is 2.51. The van der Waals surface area contributed by atoms with E-state index in [1.165, 1.54) is 0 Å². The molecule has 5 heteroatoms. The fraction of sp³-hybridized carbons (Fsp3) is 0.308. The van der Waals surface area contributed by atoms with E-state index in [-0.39, 0.29) is 6.04 Å². The van der Waals surface area contributed by atoms with Crippen LogP contribution in [0.1, 0.15) is 30.0 Å². The molecule has 0 bridgehead atoms. The first-order chi connectivity index (χ1) is 8.56. The second-order valence-corrected chi connectivity index (χ2v) is 5.10. The number of ether oxygens (including phenoxy) is 1. The van der Waals surface area contributed by atoms with Gasteiger partial charge < -0.3 is 15.0 Å². The Bertz CT molecular complexity index is 538. The topological polar surface area (TPSA) is 61.3 Å². The number of hydrogen-bond acceptors (Lipinski definition) is 4. The maximum atomic E-state index is 5.92. The average molecular weight is 311 g/mol. The van der Waals surface area contributed by atoms with Crippen LogP contribution in [-0.4, -0.2) is 5.16 Å². The number of aromatic nitrogens is 1. The average Bonchev–Trinajstić information content (AvgIpc) is 2.73. The summed E-state index contributed by atoms with van der Waals surface area (Å²) >= 11 is 3.43. The zero-order valence-electron chi connectivity index (χ0n) is 10.3. The van der Waals surface area contributed by atoms with Crippen LogP contribution in [0.3, 0.4) is 0 Å². The van der Waals surface area contributed by atoms with Crippen LogP contribution in [0.4, 0.5) is 0 Å². The van der Waals surface area contributed by atoms with Gasteiger partial charge in [-0.2, -0.15) is 0 Å². The van der Waals surface area contributed by atoms with Gasteiger partial charge in [-0.15, -0.1) is 0 Å². The van der Waals surface area contributed by atoms with E-state index >= 15 is 0 Å². The molecule has 0 unspecified atom stereocenters. The van der Waals surface area contributed by atoms with Crippen molar-refractivity contribution in [3.63, 3.8) is 0 Å². The molecule has 96 valence electrons. The minimum absolute atomic E-state index is 0.0865. The molecule has 4 nitrogen and oxygen atoms in total. The minimum Gasteiger partial charge on any atom is -0.487 e. The molecule has 0 radical (unpaired) electrons. The molecule has 1 atom stereocenters. The Hall–Kier alpha value is -1.33. The monoisotopic (exact) mass is 310 g/mol. The first-order valence-corrected chi connectivity index (χ1v) is 6.45. The van der Waals surface area contributed by atoms with E-state index < -0.39 is 0 Å². The smallest absolute Gasteiger partial charge is 0.134 e. The highest BCUT2D eigenvalue weighted by Crippen LogP contribution is 2.28. The second-order valence-electron chi connectivity index (χ2n) is 4.19. The number of rotatable bonds is 4. The summed E-state index contributed by atoms with van der Waals surface area (Å²) in [6.07, 6.45) is 0. The molecule has 0 aliphatic rings. The zero-order chi connectivity index (χ0) is 13.1. The van der Waals surface area contributed by atoms with Crippen molar-refractivity contribution in [3.8, 4) is 5.75 Å². The van der Waals surface area contributed by atoms with Crippen LogP contribution in [0.2, 0.25) is 0 Å². The standard InChI is InChI=1S/C13H15BrN2O2/c1-8-5-11(16-18-8)7-17-13-4-3-10(14)6-12(13)9(2)15/h3-6,9H,7,15H2,1-2H3/t9-/m1/s1. The highest BCUT2D eigenvalue weighted by molar-refractivity contribution is 9.10. The van der Waals surface area contributed by atoms with Crippen LogP contribution in [-0.2, 0) is 6.61 Å². The molecule has 0 saturated carbocycles. The molecule has 1 aromatic carbocycles. The Kier molecular flexibility index (Phi) is 4.04. The van der Waals surface area contributed by atoms with E-state index in [0.717, 1.165) is 27.2 Å². The van der Waals surface area contributed by atoms with Gasteiger partial charge in [-0.05, 0) is 32.0 Å². The fourth-order valence-electron chi connectivity index (χ4n) is 1.64. The summed E-state index contributed by atoms with van der Waals surface area (Å²) in [7, 11) is 0. The molecule has 0 spiro atoms. The molecule has 0 amide bonds. The molecule has 18 heavy (non-hydrogen) atoms. The van der Waals surface area contributed by atoms with Crippen molar-refractivity contribution in [1.82, 2.24) is 5.16 Å². The number of halogens is 1. The minimum atomic E-state index is -0.0865. The SMILES string of the molecule is Cc1cc(COc2ccc(Br)cc2[C@@H](C)N)no1. The van der Waals surface area contributed by atoms with Crippen LogP contribution < -0.4 is 10.5 Å². The third-order valence-corrected chi connectivity index (χ3v) is 3.01. The van der Waals surface area contributed by atoms with E-state index in [2.05, 4.69) is 21.1 Å². The third kappa shape index (κ3) is 3.11. The van der Waals surface area contributed by atoms with Crippen molar-refractivity contribution >= 4 is 15.9 Å². The molecule has 1 aromatic heterocycles. The van der Waals surface area contributed by atoms with Crippen LogP contribution in [0, 0.1) is 6.92 Å². The molecule has 2 N–H and O–H groups in total. The summed E-state index contributed by atoms with van der Waals surface area (Å²) in [5.74, 6) is 1.55. The number of aryl methyl sites for hydroxylation is 1. The predicted octanol–water partition coefficient (Wildman–Crippen LogP) is 3.34. The van der Waals surface area contributed by atoms with Crippen LogP contribution in [0.25, 0.3) is 0 Å². The maximum Gasteiger partial charge on any atom is 0.134 e. The highest BCUT2D eigenvalue weighted by atomic mass is 79.9. The van der Waals surface area contributed by atoms with E-state index in [1.807, 2.05) is 38.1 Å². The van der Waals surface area contributed by atoms with E-state index in [9.17, 15) is 0 Å². The summed E-state index contributed by atoms with van der Waals surface area (Å²) in [4.78, 5) is 0. The Labute approximate surface area is 114 Å². The molecule has 1 heterocycles. The lowest BCUT2D eigenvalue weighted by atomic mass is 10.1. The molecule has 0 aliphatic heterocycles. The van der Waals surface area contributed by atoms with Crippen molar-refractivity contribution < 1.29 is 9.26 Å². The van der Waals surface area contributed by atoms with Crippen molar-refractivity contribution in [2.24, 2.45) is 5.73 Å². The van der Waals surface area contributed by atoms with Gasteiger partial charge in [0.05, 0.1) is 0 Å². The lowest BCUT2D eigenvalue weighted by Crippen LogP contribution is -2.08. The Morgan fingerprint density at radius 2 is 2.22 bits per heavy atom. The van der Waals surface area contributed by atoms with Crippen molar-refractivity contribution in [2.75, 3.05) is 0 Å². The van der Waals surface area contributed by atoms with Gasteiger partial charge in [0, 0.05) is 22.1 Å². The lowest BCUT2D eigenvalue weighted by molar-refractivity contribution is 0.284. The zero-order valence-corrected chi connectivity index (χ0v) is 11.9. The number of hydrogen-bond donors (Lipinski definition) is 1. The quantitative estimate of drug-likeness (QED) is 0.940.